The van der Waals surface area contributed by atoms with Crippen LogP contribution in [-0.2, 0) is 26.3 Å². The van der Waals surface area contributed by atoms with Crippen molar-refractivity contribution in [2.45, 2.75) is 76.3 Å². The predicted octanol–water partition coefficient (Wildman–Crippen LogP) is 4.83. The van der Waals surface area contributed by atoms with Crippen molar-refractivity contribution in [3.05, 3.63) is 77.8 Å². The Hall–Kier alpha value is -4.86. The molecule has 3 aromatic heterocycles. The highest BCUT2D eigenvalue weighted by molar-refractivity contribution is 5.99. The van der Waals surface area contributed by atoms with Gasteiger partial charge in [-0.25, -0.2) is 18.2 Å². The first-order valence-electron chi connectivity index (χ1n) is 14.8. The zero-order chi connectivity index (χ0) is 32.6. The minimum absolute atomic E-state index is 0.0904. The summed E-state index contributed by atoms with van der Waals surface area (Å²) in [6.07, 6.45) is 7.12. The van der Waals surface area contributed by atoms with Crippen molar-refractivity contribution in [3.63, 3.8) is 0 Å². The molecule has 45 heavy (non-hydrogen) atoms. The molecule has 3 amide bonds. The van der Waals surface area contributed by atoms with Gasteiger partial charge in [-0.3, -0.25) is 34.2 Å². The van der Waals surface area contributed by atoms with Crippen LogP contribution in [0, 0.1) is 17.1 Å². The Morgan fingerprint density at radius 2 is 1.91 bits per heavy atom. The van der Waals surface area contributed by atoms with Crippen molar-refractivity contribution >= 4 is 29.7 Å². The van der Waals surface area contributed by atoms with E-state index < -0.39 is 29.2 Å². The number of pyridine rings is 3. The Labute approximate surface area is 259 Å². The molecule has 6 rings (SSSR count). The van der Waals surface area contributed by atoms with E-state index in [2.05, 4.69) is 20.3 Å². The molecule has 2 aliphatic carbocycles. The molecule has 0 bridgehead atoms. The van der Waals surface area contributed by atoms with Gasteiger partial charge in [0.1, 0.15) is 11.6 Å². The summed E-state index contributed by atoms with van der Waals surface area (Å²) in [4.78, 5) is 51.6. The maximum atomic E-state index is 13.7. The Morgan fingerprint density at radius 3 is 2.53 bits per heavy atom. The molecular weight excluding hydrogens is 587 g/mol. The van der Waals surface area contributed by atoms with Crippen LogP contribution in [0.4, 0.5) is 24.7 Å². The standard InChI is InChI=1S/C20H19F3N4O2.C10H9N3O.C2H6/c21-14-8-16(11-24-10-14)27(12-28)20(9-13-2-1-7-25-17(13)20)18(29)26-15-3-5-19(22,23)6-4-15;11-7-8-3-4-12-9(6-8)13-5-1-2-10(13)14;1-2/h1-2,7-8,10-12,15H,3-6,9H2,(H,26,29);3-4,6H,1-2,5H2;1-2H3. The molecule has 10 nitrogen and oxygen atoms in total. The van der Waals surface area contributed by atoms with Gasteiger partial charge < -0.3 is 5.32 Å². The van der Waals surface area contributed by atoms with Gasteiger partial charge in [-0.05, 0) is 43.0 Å². The Balaban J connectivity index is 0.000000241. The van der Waals surface area contributed by atoms with Gasteiger partial charge in [0.2, 0.25) is 18.2 Å². The number of aromatic nitrogens is 3. The fourth-order valence-corrected chi connectivity index (χ4v) is 5.62. The van der Waals surface area contributed by atoms with Gasteiger partial charge in [-0.1, -0.05) is 19.9 Å². The average Bonchev–Trinajstić information content (AvgIpc) is 3.48. The second-order valence-corrected chi connectivity index (χ2v) is 10.7. The maximum Gasteiger partial charge on any atom is 0.253 e. The van der Waals surface area contributed by atoms with Gasteiger partial charge in [0, 0.05) is 56.7 Å². The zero-order valence-corrected chi connectivity index (χ0v) is 25.0. The molecule has 0 radical (unpaired) electrons. The van der Waals surface area contributed by atoms with Gasteiger partial charge in [-0.2, -0.15) is 5.26 Å². The highest BCUT2D eigenvalue weighted by Crippen LogP contribution is 2.45. The smallest absolute Gasteiger partial charge is 0.253 e. The Bertz CT molecular complexity index is 1570. The zero-order valence-electron chi connectivity index (χ0n) is 25.0. The minimum atomic E-state index is -2.72. The second kappa shape index (κ2) is 14.3. The first-order chi connectivity index (χ1) is 21.7. The maximum absolute atomic E-state index is 13.7. The molecule has 0 spiro atoms. The van der Waals surface area contributed by atoms with Crippen molar-refractivity contribution in [1.82, 2.24) is 20.3 Å². The van der Waals surface area contributed by atoms with Gasteiger partial charge in [-0.15, -0.1) is 0 Å². The number of carbonyl (C=O) groups is 3. The molecule has 4 heterocycles. The quantitative estimate of drug-likeness (QED) is 0.390. The number of alkyl halides is 2. The van der Waals surface area contributed by atoms with Crippen LogP contribution in [-0.4, -0.2) is 51.7 Å². The van der Waals surface area contributed by atoms with Crippen LogP contribution in [0.15, 0.2) is 55.1 Å². The number of anilines is 2. The lowest BCUT2D eigenvalue weighted by molar-refractivity contribution is -0.131. The summed E-state index contributed by atoms with van der Waals surface area (Å²) < 4.78 is 40.6. The highest BCUT2D eigenvalue weighted by atomic mass is 19.3. The van der Waals surface area contributed by atoms with Crippen LogP contribution < -0.4 is 15.1 Å². The number of fused-ring (bicyclic) bond motifs is 1. The van der Waals surface area contributed by atoms with E-state index in [9.17, 15) is 27.6 Å². The third-order valence-electron chi connectivity index (χ3n) is 7.87. The number of nitriles is 1. The number of halogens is 3. The van der Waals surface area contributed by atoms with Gasteiger partial charge in [0.05, 0.1) is 35.4 Å². The number of rotatable bonds is 6. The summed E-state index contributed by atoms with van der Waals surface area (Å²) in [6, 6.07) is 9.50. The van der Waals surface area contributed by atoms with Crippen molar-refractivity contribution in [2.24, 2.45) is 0 Å². The van der Waals surface area contributed by atoms with Crippen LogP contribution in [0.3, 0.4) is 0 Å². The SMILES string of the molecule is CC.N#Cc1ccnc(N2CCCC2=O)c1.O=CN(c1cncc(F)c1)C1(C(=O)NC2CCC(F)(F)CC2)Cc2cccnc21. The molecule has 1 atom stereocenters. The Kier molecular flexibility index (Phi) is 10.5. The molecule has 3 aliphatic rings. The molecule has 2 fully saturated rings. The molecule has 0 aromatic carbocycles. The van der Waals surface area contributed by atoms with Gasteiger partial charge in [0.25, 0.3) is 5.91 Å². The van der Waals surface area contributed by atoms with Crippen LogP contribution in [0.25, 0.3) is 0 Å². The molecule has 1 N–H and O–H groups in total. The second-order valence-electron chi connectivity index (χ2n) is 10.7. The van der Waals surface area contributed by atoms with E-state index >= 15 is 0 Å². The van der Waals surface area contributed by atoms with E-state index in [1.165, 1.54) is 12.4 Å². The number of nitrogens with zero attached hydrogens (tertiary/aromatic N) is 6. The van der Waals surface area contributed by atoms with E-state index in [1.54, 1.807) is 35.4 Å². The summed E-state index contributed by atoms with van der Waals surface area (Å²) in [5.41, 5.74) is 0.341. The molecule has 1 unspecified atom stereocenters. The number of amides is 3. The lowest BCUT2D eigenvalue weighted by atomic mass is 9.71. The number of carbonyl (C=O) groups excluding carboxylic acids is 3. The number of hydrogen-bond acceptors (Lipinski definition) is 7. The van der Waals surface area contributed by atoms with E-state index in [1.807, 2.05) is 19.9 Å². The van der Waals surface area contributed by atoms with Crippen LogP contribution in [0.5, 0.6) is 0 Å². The monoisotopic (exact) mass is 621 g/mol. The fraction of sp³-hybridized carbons (Fsp3) is 0.406. The summed E-state index contributed by atoms with van der Waals surface area (Å²) >= 11 is 0. The summed E-state index contributed by atoms with van der Waals surface area (Å²) in [5.74, 6) is -3.21. The average molecular weight is 622 g/mol. The first kappa shape index (κ1) is 33.0. The number of nitrogens with one attached hydrogen (secondary N) is 1. The van der Waals surface area contributed by atoms with Crippen LogP contribution >= 0.6 is 0 Å². The van der Waals surface area contributed by atoms with E-state index in [4.69, 9.17) is 5.26 Å². The third kappa shape index (κ3) is 7.11. The molecule has 13 heteroatoms. The largest absolute Gasteiger partial charge is 0.351 e. The summed E-state index contributed by atoms with van der Waals surface area (Å²) in [5, 5.41) is 11.5. The molecule has 1 saturated heterocycles. The predicted molar refractivity (Wildman–Crippen MR) is 160 cm³/mol. The molecular formula is C32H34F3N7O3. The summed E-state index contributed by atoms with van der Waals surface area (Å²) in [6.45, 7) is 4.71. The molecule has 3 aromatic rings. The lowest BCUT2D eigenvalue weighted by Gasteiger charge is -2.47. The van der Waals surface area contributed by atoms with Crippen LogP contribution in [0.1, 0.15) is 69.2 Å². The molecule has 236 valence electrons. The van der Waals surface area contributed by atoms with E-state index in [0.29, 0.717) is 36.5 Å². The third-order valence-corrected chi connectivity index (χ3v) is 7.87. The van der Waals surface area contributed by atoms with Gasteiger partial charge >= 0.3 is 0 Å². The lowest BCUT2D eigenvalue weighted by Crippen LogP contribution is -2.64. The van der Waals surface area contributed by atoms with Crippen LogP contribution in [0.2, 0.25) is 0 Å². The fourth-order valence-electron chi connectivity index (χ4n) is 5.62. The minimum Gasteiger partial charge on any atom is -0.351 e. The van der Waals surface area contributed by atoms with Crippen molar-refractivity contribution in [1.29, 1.82) is 5.26 Å². The normalized spacial score (nSPS) is 19.7. The topological polar surface area (TPSA) is 132 Å². The Morgan fingerprint density at radius 1 is 1.16 bits per heavy atom. The van der Waals surface area contributed by atoms with E-state index in [0.717, 1.165) is 29.1 Å². The van der Waals surface area contributed by atoms with Crippen molar-refractivity contribution in [3.8, 4) is 6.07 Å². The van der Waals surface area contributed by atoms with Gasteiger partial charge in [0.15, 0.2) is 5.54 Å². The number of hydrogen-bond donors (Lipinski definition) is 1. The van der Waals surface area contributed by atoms with Crippen molar-refractivity contribution in [2.75, 3.05) is 16.3 Å². The highest BCUT2D eigenvalue weighted by Gasteiger charge is 2.56. The van der Waals surface area contributed by atoms with Crippen molar-refractivity contribution < 1.29 is 27.6 Å². The first-order valence-corrected chi connectivity index (χ1v) is 14.8. The summed E-state index contributed by atoms with van der Waals surface area (Å²) in [7, 11) is 0. The molecule has 1 saturated carbocycles. The van der Waals surface area contributed by atoms with E-state index in [-0.39, 0.29) is 43.7 Å². The molecule has 1 aliphatic heterocycles.